The molecule has 3 nitrogen and oxygen atoms in total. The Bertz CT molecular complexity index is 488. The lowest BCUT2D eigenvalue weighted by Gasteiger charge is -2.14. The molecule has 1 aromatic rings. The van der Waals surface area contributed by atoms with Crippen LogP contribution < -0.4 is 0 Å². The van der Waals surface area contributed by atoms with Crippen molar-refractivity contribution in [3.05, 3.63) is 46.5 Å². The Morgan fingerprint density at radius 2 is 1.35 bits per heavy atom. The normalized spacial score (nSPS) is 16.1. The molecule has 3 heteroatoms. The molecule has 2 amide bonds. The molecule has 0 atom stereocenters. The van der Waals surface area contributed by atoms with Crippen LogP contribution in [0.5, 0.6) is 0 Å². The van der Waals surface area contributed by atoms with Crippen molar-refractivity contribution in [3.63, 3.8) is 0 Å². The third-order valence-electron chi connectivity index (χ3n) is 3.16. The molecule has 2 rings (SSSR count). The van der Waals surface area contributed by atoms with E-state index >= 15 is 0 Å². The summed E-state index contributed by atoms with van der Waals surface area (Å²) in [6, 6.07) is 7.85. The second kappa shape index (κ2) is 4.17. The number of benzene rings is 1. The summed E-state index contributed by atoms with van der Waals surface area (Å²) < 4.78 is 0. The maximum Gasteiger partial charge on any atom is 0.257 e. The van der Waals surface area contributed by atoms with E-state index in [4.69, 9.17) is 0 Å². The third kappa shape index (κ3) is 2.00. The molecular formula is C14H15NO2. The molecule has 1 aliphatic heterocycles. The van der Waals surface area contributed by atoms with Crippen molar-refractivity contribution in [1.82, 2.24) is 4.90 Å². The van der Waals surface area contributed by atoms with E-state index in [1.165, 1.54) is 10.5 Å². The molecule has 1 aliphatic rings. The highest BCUT2D eigenvalue weighted by Gasteiger charge is 2.32. The van der Waals surface area contributed by atoms with Crippen molar-refractivity contribution >= 4 is 11.8 Å². The van der Waals surface area contributed by atoms with Crippen LogP contribution in [0.25, 0.3) is 0 Å². The first-order chi connectivity index (χ1) is 8.00. The Balaban J connectivity index is 2.19. The van der Waals surface area contributed by atoms with E-state index in [-0.39, 0.29) is 11.8 Å². The zero-order valence-electron chi connectivity index (χ0n) is 10.3. The highest BCUT2D eigenvalue weighted by atomic mass is 16.2. The molecule has 0 radical (unpaired) electrons. The number of imide groups is 1. The topological polar surface area (TPSA) is 37.4 Å². The van der Waals surface area contributed by atoms with Crippen molar-refractivity contribution in [2.45, 2.75) is 27.3 Å². The lowest BCUT2D eigenvalue weighted by Crippen LogP contribution is -2.30. The van der Waals surface area contributed by atoms with Gasteiger partial charge in [-0.1, -0.05) is 29.8 Å². The minimum Gasteiger partial charge on any atom is -0.270 e. The van der Waals surface area contributed by atoms with Gasteiger partial charge in [0, 0.05) is 11.1 Å². The van der Waals surface area contributed by atoms with Gasteiger partial charge >= 0.3 is 0 Å². The van der Waals surface area contributed by atoms with Gasteiger partial charge in [-0.15, -0.1) is 0 Å². The molecule has 0 fully saturated rings. The van der Waals surface area contributed by atoms with Gasteiger partial charge in [-0.3, -0.25) is 14.5 Å². The first-order valence-electron chi connectivity index (χ1n) is 5.60. The van der Waals surface area contributed by atoms with Crippen molar-refractivity contribution in [2.24, 2.45) is 0 Å². The number of carbonyl (C=O) groups is 2. The Hall–Kier alpha value is -1.90. The van der Waals surface area contributed by atoms with Crippen LogP contribution >= 0.6 is 0 Å². The van der Waals surface area contributed by atoms with E-state index in [2.05, 4.69) is 0 Å². The van der Waals surface area contributed by atoms with Crippen LogP contribution in [0, 0.1) is 6.92 Å². The van der Waals surface area contributed by atoms with Crippen molar-refractivity contribution in [1.29, 1.82) is 0 Å². The minimum atomic E-state index is -0.173. The van der Waals surface area contributed by atoms with E-state index in [1.54, 1.807) is 13.8 Å². The summed E-state index contributed by atoms with van der Waals surface area (Å²) in [6.45, 7) is 5.76. The smallest absolute Gasteiger partial charge is 0.257 e. The average Bonchev–Trinajstić information content (AvgIpc) is 2.50. The summed E-state index contributed by atoms with van der Waals surface area (Å²) in [7, 11) is 0. The van der Waals surface area contributed by atoms with Crippen LogP contribution in [0.2, 0.25) is 0 Å². The van der Waals surface area contributed by atoms with Crippen molar-refractivity contribution in [2.75, 3.05) is 0 Å². The molecule has 0 N–H and O–H groups in total. The second-order valence-corrected chi connectivity index (χ2v) is 4.43. The zero-order valence-corrected chi connectivity index (χ0v) is 10.3. The largest absolute Gasteiger partial charge is 0.270 e. The van der Waals surface area contributed by atoms with Crippen LogP contribution in [0.15, 0.2) is 35.4 Å². The SMILES string of the molecule is CC1=C(C)C(=O)N(Cc2ccc(C)cc2)C1=O. The van der Waals surface area contributed by atoms with E-state index in [1.807, 2.05) is 31.2 Å². The van der Waals surface area contributed by atoms with Crippen LogP contribution in [0.3, 0.4) is 0 Å². The molecule has 0 aromatic heterocycles. The molecule has 1 heterocycles. The van der Waals surface area contributed by atoms with E-state index in [0.717, 1.165) is 5.56 Å². The molecule has 17 heavy (non-hydrogen) atoms. The zero-order chi connectivity index (χ0) is 12.6. The number of carbonyl (C=O) groups excluding carboxylic acids is 2. The van der Waals surface area contributed by atoms with Gasteiger partial charge in [-0.2, -0.15) is 0 Å². The molecule has 0 bridgehead atoms. The predicted octanol–water partition coefficient (Wildman–Crippen LogP) is 2.20. The number of aryl methyl sites for hydroxylation is 1. The number of rotatable bonds is 2. The summed E-state index contributed by atoms with van der Waals surface area (Å²) in [5.74, 6) is -0.346. The monoisotopic (exact) mass is 229 g/mol. The van der Waals surface area contributed by atoms with Crippen LogP contribution in [0.1, 0.15) is 25.0 Å². The van der Waals surface area contributed by atoms with E-state index < -0.39 is 0 Å². The molecule has 0 saturated heterocycles. The summed E-state index contributed by atoms with van der Waals surface area (Å²) in [5.41, 5.74) is 3.25. The molecule has 0 aliphatic carbocycles. The molecule has 0 unspecified atom stereocenters. The summed E-state index contributed by atoms with van der Waals surface area (Å²) in [6.07, 6.45) is 0. The molecule has 0 saturated carbocycles. The Labute approximate surface area is 101 Å². The summed E-state index contributed by atoms with van der Waals surface area (Å²) in [5, 5.41) is 0. The highest BCUT2D eigenvalue weighted by Crippen LogP contribution is 2.21. The third-order valence-corrected chi connectivity index (χ3v) is 3.16. The standard InChI is InChI=1S/C14H15NO2/c1-9-4-6-12(7-5-9)8-15-13(16)10(2)11(3)14(15)17/h4-7H,8H2,1-3H3. The Kier molecular flexibility index (Phi) is 2.84. The molecule has 88 valence electrons. The predicted molar refractivity (Wildman–Crippen MR) is 65.1 cm³/mol. The lowest BCUT2D eigenvalue weighted by atomic mass is 10.1. The van der Waals surface area contributed by atoms with Gasteiger partial charge in [-0.05, 0) is 26.3 Å². The van der Waals surface area contributed by atoms with Gasteiger partial charge in [-0.25, -0.2) is 0 Å². The van der Waals surface area contributed by atoms with Gasteiger partial charge in [0.15, 0.2) is 0 Å². The number of amides is 2. The maximum atomic E-state index is 11.8. The first kappa shape index (κ1) is 11.6. The minimum absolute atomic E-state index is 0.173. The fourth-order valence-corrected chi connectivity index (χ4v) is 1.84. The molecule has 1 aromatic carbocycles. The fourth-order valence-electron chi connectivity index (χ4n) is 1.84. The molecular weight excluding hydrogens is 214 g/mol. The number of hydrogen-bond acceptors (Lipinski definition) is 2. The fraction of sp³-hybridized carbons (Fsp3) is 0.286. The van der Waals surface area contributed by atoms with Crippen LogP contribution in [0.4, 0.5) is 0 Å². The Morgan fingerprint density at radius 1 is 0.882 bits per heavy atom. The molecule has 0 spiro atoms. The lowest BCUT2D eigenvalue weighted by molar-refractivity contribution is -0.138. The number of hydrogen-bond donors (Lipinski definition) is 0. The first-order valence-corrected chi connectivity index (χ1v) is 5.60. The van der Waals surface area contributed by atoms with Crippen molar-refractivity contribution in [3.8, 4) is 0 Å². The summed E-state index contributed by atoms with van der Waals surface area (Å²) in [4.78, 5) is 25.0. The summed E-state index contributed by atoms with van der Waals surface area (Å²) >= 11 is 0. The van der Waals surface area contributed by atoms with Crippen LogP contribution in [-0.2, 0) is 16.1 Å². The van der Waals surface area contributed by atoms with Crippen LogP contribution in [-0.4, -0.2) is 16.7 Å². The highest BCUT2D eigenvalue weighted by molar-refractivity contribution is 6.18. The van der Waals surface area contributed by atoms with Gasteiger partial charge < -0.3 is 0 Å². The van der Waals surface area contributed by atoms with Crippen molar-refractivity contribution < 1.29 is 9.59 Å². The quantitative estimate of drug-likeness (QED) is 0.729. The Morgan fingerprint density at radius 3 is 1.82 bits per heavy atom. The van der Waals surface area contributed by atoms with E-state index in [9.17, 15) is 9.59 Å². The maximum absolute atomic E-state index is 11.8. The number of nitrogens with zero attached hydrogens (tertiary/aromatic N) is 1. The van der Waals surface area contributed by atoms with Gasteiger partial charge in [0.1, 0.15) is 0 Å². The van der Waals surface area contributed by atoms with Gasteiger partial charge in [0.25, 0.3) is 11.8 Å². The van der Waals surface area contributed by atoms with Gasteiger partial charge in [0.05, 0.1) is 6.54 Å². The van der Waals surface area contributed by atoms with Gasteiger partial charge in [0.2, 0.25) is 0 Å². The average molecular weight is 229 g/mol. The second-order valence-electron chi connectivity index (χ2n) is 4.43. The van der Waals surface area contributed by atoms with E-state index in [0.29, 0.717) is 17.7 Å².